The number of hydrogen-bond acceptors (Lipinski definition) is 7. The number of rotatable bonds is 10. The number of aryl methyl sites for hydroxylation is 3. The number of allylic oxidation sites excluding steroid dienone is 2. The Morgan fingerprint density at radius 1 is 0.941 bits per heavy atom. The molecule has 4 aromatic carbocycles. The Balaban J connectivity index is 1.22. The zero-order chi connectivity index (χ0) is 35.5. The van der Waals surface area contributed by atoms with Gasteiger partial charge in [-0.1, -0.05) is 122 Å². The smallest absolute Gasteiger partial charge is 0.270 e. The van der Waals surface area contributed by atoms with Gasteiger partial charge in [0.05, 0.1) is 35.5 Å². The summed E-state index contributed by atoms with van der Waals surface area (Å²) in [5, 5.41) is -0.216. The summed E-state index contributed by atoms with van der Waals surface area (Å²) in [6.45, 7) is 9.53. The second-order valence-electron chi connectivity index (χ2n) is 13.1. The molecule has 1 amide bonds. The van der Waals surface area contributed by atoms with Gasteiger partial charge >= 0.3 is 0 Å². The van der Waals surface area contributed by atoms with Crippen molar-refractivity contribution in [1.29, 1.82) is 0 Å². The van der Waals surface area contributed by atoms with Gasteiger partial charge in [0.2, 0.25) is 5.91 Å². The minimum absolute atomic E-state index is 0.127. The van der Waals surface area contributed by atoms with Crippen LogP contribution in [0.3, 0.4) is 0 Å². The number of benzene rings is 4. The highest BCUT2D eigenvalue weighted by atomic mass is 32.3. The third-order valence-electron chi connectivity index (χ3n) is 9.48. The molecule has 0 spiro atoms. The fourth-order valence-corrected chi connectivity index (χ4v) is 9.90. The van der Waals surface area contributed by atoms with Gasteiger partial charge in [-0.05, 0) is 53.3 Å². The van der Waals surface area contributed by atoms with Crippen molar-refractivity contribution in [3.63, 3.8) is 0 Å². The topological polar surface area (TPSA) is 93.5 Å². The zero-order valence-electron chi connectivity index (χ0n) is 29.1. The van der Waals surface area contributed by atoms with Gasteiger partial charge in [0.1, 0.15) is 10.1 Å². The van der Waals surface area contributed by atoms with Crippen LogP contribution in [0.5, 0.6) is 0 Å². The van der Waals surface area contributed by atoms with Crippen molar-refractivity contribution in [2.45, 2.75) is 45.0 Å². The first-order valence-corrected chi connectivity index (χ1v) is 19.7. The quantitative estimate of drug-likeness (QED) is 0.164. The summed E-state index contributed by atoms with van der Waals surface area (Å²) >= 11 is 1.26. The number of hydrogen-bond donors (Lipinski definition) is 1. The summed E-state index contributed by atoms with van der Waals surface area (Å²) in [4.78, 5) is 21.2. The lowest BCUT2D eigenvalue weighted by molar-refractivity contribution is -0.119. The van der Waals surface area contributed by atoms with Crippen LogP contribution >= 0.6 is 11.8 Å². The largest absolute Gasteiger partial charge is 0.379 e. The van der Waals surface area contributed by atoms with Crippen molar-refractivity contribution in [2.75, 3.05) is 26.3 Å². The van der Waals surface area contributed by atoms with Crippen LogP contribution in [0, 0.1) is 13.8 Å². The summed E-state index contributed by atoms with van der Waals surface area (Å²) in [5.41, 5.74) is 8.33. The number of carbonyl (C=O) groups is 1. The maximum atomic E-state index is 14.4. The van der Waals surface area contributed by atoms with Crippen molar-refractivity contribution in [3.05, 3.63) is 153 Å². The molecule has 0 bridgehead atoms. The SMILES string of the molecule is CCc1nc2c(C)cc(C)cc2n1Cc1ccc(C2=C(S(=O)(=O)NC(=O)C(c3ccccc3)c3ccccc3)SC(N3CCOCC3)C=C2)cc1. The molecule has 51 heavy (non-hydrogen) atoms. The lowest BCUT2D eigenvalue weighted by Gasteiger charge is -2.34. The molecule has 1 atom stereocenters. The number of thioether (sulfide) groups is 1. The third kappa shape index (κ3) is 7.46. The van der Waals surface area contributed by atoms with Crippen molar-refractivity contribution in [3.8, 4) is 0 Å². The van der Waals surface area contributed by atoms with Gasteiger partial charge in [0.15, 0.2) is 0 Å². The highest BCUT2D eigenvalue weighted by Gasteiger charge is 2.35. The van der Waals surface area contributed by atoms with E-state index >= 15 is 0 Å². The molecule has 1 aromatic heterocycles. The number of sulfonamides is 1. The molecule has 1 fully saturated rings. The number of nitrogens with one attached hydrogen (secondary N) is 1. The second kappa shape index (κ2) is 15.0. The van der Waals surface area contributed by atoms with E-state index in [1.165, 1.54) is 17.3 Å². The lowest BCUT2D eigenvalue weighted by Crippen LogP contribution is -2.42. The Morgan fingerprint density at radius 3 is 2.22 bits per heavy atom. The molecule has 1 saturated heterocycles. The Bertz CT molecular complexity index is 2170. The van der Waals surface area contributed by atoms with Crippen LogP contribution in [0.1, 0.15) is 52.0 Å². The summed E-state index contributed by atoms with van der Waals surface area (Å²) in [6, 6.07) is 31.0. The predicted molar refractivity (Wildman–Crippen MR) is 206 cm³/mol. The minimum atomic E-state index is -4.28. The van der Waals surface area contributed by atoms with Gasteiger partial charge in [-0.15, -0.1) is 0 Å². The van der Waals surface area contributed by atoms with E-state index in [0.29, 0.717) is 49.5 Å². The number of fused-ring (bicyclic) bond motifs is 1. The Labute approximate surface area is 304 Å². The molecular formula is C41H42N4O4S2. The van der Waals surface area contributed by atoms with E-state index in [1.54, 1.807) is 0 Å². The maximum absolute atomic E-state index is 14.4. The first kappa shape index (κ1) is 34.9. The molecule has 2 aliphatic heterocycles. The number of carbonyl (C=O) groups excluding carboxylic acids is 1. The van der Waals surface area contributed by atoms with Crippen molar-refractivity contribution < 1.29 is 17.9 Å². The van der Waals surface area contributed by atoms with Crippen LogP contribution in [0.25, 0.3) is 16.6 Å². The van der Waals surface area contributed by atoms with Gasteiger partial charge < -0.3 is 9.30 Å². The van der Waals surface area contributed by atoms with Crippen LogP contribution in [0.4, 0.5) is 0 Å². The van der Waals surface area contributed by atoms with E-state index in [-0.39, 0.29) is 9.61 Å². The molecule has 0 radical (unpaired) electrons. The Kier molecular flexibility index (Phi) is 10.3. The molecular weight excluding hydrogens is 677 g/mol. The Hall–Kier alpha value is -4.48. The number of imidazole rings is 1. The summed E-state index contributed by atoms with van der Waals surface area (Å²) in [7, 11) is -4.28. The molecule has 2 aliphatic rings. The number of nitrogens with zero attached hydrogens (tertiary/aromatic N) is 3. The first-order valence-electron chi connectivity index (χ1n) is 17.3. The normalized spacial score (nSPS) is 17.0. The van der Waals surface area contributed by atoms with Gasteiger partial charge in [-0.25, -0.2) is 18.1 Å². The maximum Gasteiger partial charge on any atom is 0.270 e. The third-order valence-corrected chi connectivity index (χ3v) is 12.7. The summed E-state index contributed by atoms with van der Waals surface area (Å²) < 4.78 is 39.3. The molecule has 1 unspecified atom stereocenters. The molecule has 0 aliphatic carbocycles. The molecule has 0 saturated carbocycles. The molecule has 3 heterocycles. The first-order chi connectivity index (χ1) is 24.7. The highest BCUT2D eigenvalue weighted by molar-refractivity contribution is 8.18. The average Bonchev–Trinajstić information content (AvgIpc) is 3.50. The number of amides is 1. The molecule has 8 nitrogen and oxygen atoms in total. The molecule has 10 heteroatoms. The van der Waals surface area contributed by atoms with Crippen LogP contribution in [0.15, 0.2) is 113 Å². The van der Waals surface area contributed by atoms with Crippen LogP contribution in [-0.4, -0.2) is 60.5 Å². The molecule has 1 N–H and O–H groups in total. The molecule has 5 aromatic rings. The van der Waals surface area contributed by atoms with Crippen LogP contribution in [-0.2, 0) is 32.5 Å². The highest BCUT2D eigenvalue weighted by Crippen LogP contribution is 2.41. The van der Waals surface area contributed by atoms with Gasteiger partial charge in [0.25, 0.3) is 10.0 Å². The van der Waals surface area contributed by atoms with Crippen LogP contribution < -0.4 is 4.72 Å². The van der Waals surface area contributed by atoms with Crippen LogP contribution in [0.2, 0.25) is 0 Å². The summed E-state index contributed by atoms with van der Waals surface area (Å²) in [6.07, 6.45) is 4.75. The summed E-state index contributed by atoms with van der Waals surface area (Å²) in [5.74, 6) is -0.373. The van der Waals surface area contributed by atoms with Gasteiger partial charge in [-0.2, -0.15) is 0 Å². The molecule has 262 valence electrons. The predicted octanol–water partition coefficient (Wildman–Crippen LogP) is 7.17. The van der Waals surface area contributed by atoms with E-state index in [2.05, 4.69) is 47.1 Å². The number of morpholine rings is 1. The van der Waals surface area contributed by atoms with E-state index in [4.69, 9.17) is 9.72 Å². The van der Waals surface area contributed by atoms with E-state index in [1.807, 2.05) is 97.1 Å². The lowest BCUT2D eigenvalue weighted by atomic mass is 9.91. The number of aromatic nitrogens is 2. The number of ether oxygens (including phenoxy) is 1. The van der Waals surface area contributed by atoms with Crippen molar-refractivity contribution >= 4 is 44.3 Å². The van der Waals surface area contributed by atoms with E-state index < -0.39 is 21.8 Å². The van der Waals surface area contributed by atoms with E-state index in [0.717, 1.165) is 40.0 Å². The minimum Gasteiger partial charge on any atom is -0.379 e. The fraction of sp³-hybridized carbons (Fsp3) is 0.268. The average molecular weight is 719 g/mol. The monoisotopic (exact) mass is 718 g/mol. The van der Waals surface area contributed by atoms with Crippen molar-refractivity contribution in [1.82, 2.24) is 19.2 Å². The van der Waals surface area contributed by atoms with Gasteiger partial charge in [-0.3, -0.25) is 9.69 Å². The zero-order valence-corrected chi connectivity index (χ0v) is 30.7. The van der Waals surface area contributed by atoms with E-state index in [9.17, 15) is 13.2 Å². The van der Waals surface area contributed by atoms with Gasteiger partial charge in [0, 0.05) is 31.6 Å². The molecule has 7 rings (SSSR count). The standard InChI is InChI=1S/C41H42N4O4S2/c1-4-36-42-39-29(3)25-28(2)26-35(39)45(36)27-30-15-17-31(18-16-30)34-19-20-37(44-21-23-49-24-22-44)50-41(34)51(47,48)43-40(46)38(32-11-7-5-8-12-32)33-13-9-6-10-14-33/h5-20,25-26,37-38H,4,21-24,27H2,1-3H3,(H,43,46). The second-order valence-corrected chi connectivity index (χ2v) is 16.1. The fourth-order valence-electron chi connectivity index (χ4n) is 6.97. The van der Waals surface area contributed by atoms with Crippen molar-refractivity contribution in [2.24, 2.45) is 0 Å². The Morgan fingerprint density at radius 2 is 1.59 bits per heavy atom.